The maximum Gasteiger partial charge on any atom is 0.153 e. The Morgan fingerprint density at radius 2 is 2.25 bits per heavy atom. The molecular formula is C11H18ClN3O. The Balaban J connectivity index is 2.07. The highest BCUT2D eigenvalue weighted by Crippen LogP contribution is 2.09. The maximum absolute atomic E-state index is 5.71. The van der Waals surface area contributed by atoms with E-state index in [1.807, 2.05) is 13.8 Å². The van der Waals surface area contributed by atoms with Crippen molar-refractivity contribution in [3.63, 3.8) is 0 Å². The molecule has 0 aliphatic rings. The third-order valence-electron chi connectivity index (χ3n) is 1.98. The molecule has 0 spiro atoms. The maximum atomic E-state index is 5.71. The topological polar surface area (TPSA) is 47.0 Å². The highest BCUT2D eigenvalue weighted by Gasteiger charge is 1.96. The first kappa shape index (κ1) is 13.2. The fourth-order valence-corrected chi connectivity index (χ4v) is 1.38. The van der Waals surface area contributed by atoms with Gasteiger partial charge < -0.3 is 10.1 Å². The molecule has 0 amide bonds. The molecule has 0 radical (unpaired) electrons. The molecule has 0 saturated heterocycles. The lowest BCUT2D eigenvalue weighted by molar-refractivity contribution is 0.0765. The normalized spacial score (nSPS) is 10.8. The Kier molecular flexibility index (Phi) is 6.11. The van der Waals surface area contributed by atoms with E-state index in [9.17, 15) is 0 Å². The summed E-state index contributed by atoms with van der Waals surface area (Å²) < 4.78 is 5.44. The predicted octanol–water partition coefficient (Wildman–Crippen LogP) is 2.75. The smallest absolute Gasteiger partial charge is 0.153 e. The zero-order valence-electron chi connectivity index (χ0n) is 9.74. The molecule has 0 aliphatic carbocycles. The van der Waals surface area contributed by atoms with Crippen molar-refractivity contribution in [3.8, 4) is 0 Å². The van der Waals surface area contributed by atoms with Crippen LogP contribution >= 0.6 is 11.6 Å². The van der Waals surface area contributed by atoms with E-state index in [0.29, 0.717) is 11.3 Å². The minimum atomic E-state index is 0.316. The summed E-state index contributed by atoms with van der Waals surface area (Å²) in [5, 5.41) is 11.1. The molecule has 1 aromatic heterocycles. The van der Waals surface area contributed by atoms with Crippen LogP contribution in [0.3, 0.4) is 0 Å². The summed E-state index contributed by atoms with van der Waals surface area (Å²) in [7, 11) is 0. The first-order valence-electron chi connectivity index (χ1n) is 5.52. The van der Waals surface area contributed by atoms with Crippen LogP contribution in [0.2, 0.25) is 5.15 Å². The third kappa shape index (κ3) is 5.88. The Hall–Kier alpha value is -0.870. The summed E-state index contributed by atoms with van der Waals surface area (Å²) in [6.07, 6.45) is 4.09. The molecule has 4 nitrogen and oxygen atoms in total. The van der Waals surface area contributed by atoms with Gasteiger partial charge in [0.25, 0.3) is 0 Å². The number of anilines is 1. The van der Waals surface area contributed by atoms with Crippen molar-refractivity contribution in [3.05, 3.63) is 17.4 Å². The molecule has 16 heavy (non-hydrogen) atoms. The zero-order valence-corrected chi connectivity index (χ0v) is 10.5. The minimum absolute atomic E-state index is 0.316. The number of aromatic nitrogens is 2. The number of nitrogens with one attached hydrogen (secondary N) is 1. The van der Waals surface area contributed by atoms with Gasteiger partial charge in [-0.05, 0) is 26.7 Å². The van der Waals surface area contributed by atoms with E-state index in [-0.39, 0.29) is 0 Å². The van der Waals surface area contributed by atoms with Crippen LogP contribution in [-0.4, -0.2) is 29.5 Å². The van der Waals surface area contributed by atoms with Gasteiger partial charge in [-0.15, -0.1) is 5.10 Å². The lowest BCUT2D eigenvalue weighted by Gasteiger charge is -2.08. The molecule has 0 aliphatic heterocycles. The van der Waals surface area contributed by atoms with E-state index < -0.39 is 0 Å². The monoisotopic (exact) mass is 243 g/mol. The summed E-state index contributed by atoms with van der Waals surface area (Å²) in [6.45, 7) is 5.80. The van der Waals surface area contributed by atoms with Crippen molar-refractivity contribution in [1.29, 1.82) is 0 Å². The summed E-state index contributed by atoms with van der Waals surface area (Å²) in [5.41, 5.74) is 0.907. The fourth-order valence-electron chi connectivity index (χ4n) is 1.22. The van der Waals surface area contributed by atoms with Crippen molar-refractivity contribution in [1.82, 2.24) is 10.2 Å². The Labute approximate surface area is 101 Å². The van der Waals surface area contributed by atoms with Crippen LogP contribution in [-0.2, 0) is 4.74 Å². The molecule has 0 unspecified atom stereocenters. The van der Waals surface area contributed by atoms with Crippen LogP contribution in [0, 0.1) is 0 Å². The van der Waals surface area contributed by atoms with Crippen LogP contribution < -0.4 is 5.32 Å². The van der Waals surface area contributed by atoms with Crippen LogP contribution in [0.25, 0.3) is 0 Å². The standard InChI is InChI=1S/C11H18ClN3O/c1-9(2)16-6-4-3-5-13-10-7-11(12)15-14-8-10/h7-9H,3-6H2,1-2H3,(H,13,15). The van der Waals surface area contributed by atoms with Crippen molar-refractivity contribution in [2.45, 2.75) is 32.8 Å². The second-order valence-electron chi connectivity index (χ2n) is 3.82. The van der Waals surface area contributed by atoms with Crippen LogP contribution in [0.5, 0.6) is 0 Å². The molecule has 5 heteroatoms. The molecule has 0 saturated carbocycles. The summed E-state index contributed by atoms with van der Waals surface area (Å²) >= 11 is 5.71. The van der Waals surface area contributed by atoms with E-state index in [1.165, 1.54) is 0 Å². The number of hydrogen-bond acceptors (Lipinski definition) is 4. The molecule has 0 bridgehead atoms. The molecule has 90 valence electrons. The van der Waals surface area contributed by atoms with E-state index in [1.54, 1.807) is 12.3 Å². The number of ether oxygens (including phenoxy) is 1. The van der Waals surface area contributed by atoms with Crippen molar-refractivity contribution in [2.24, 2.45) is 0 Å². The molecule has 1 heterocycles. The third-order valence-corrected chi connectivity index (χ3v) is 2.16. The molecule has 0 fully saturated rings. The highest BCUT2D eigenvalue weighted by atomic mass is 35.5. The Morgan fingerprint density at radius 3 is 2.94 bits per heavy atom. The van der Waals surface area contributed by atoms with E-state index in [4.69, 9.17) is 16.3 Å². The number of halogens is 1. The van der Waals surface area contributed by atoms with Gasteiger partial charge in [0.1, 0.15) is 0 Å². The summed E-state index contributed by atoms with van der Waals surface area (Å²) in [4.78, 5) is 0. The Bertz CT molecular complexity index is 307. The van der Waals surface area contributed by atoms with E-state index >= 15 is 0 Å². The average Bonchev–Trinajstić information content (AvgIpc) is 2.23. The highest BCUT2D eigenvalue weighted by molar-refractivity contribution is 6.29. The molecular weight excluding hydrogens is 226 g/mol. The van der Waals surface area contributed by atoms with Gasteiger partial charge in [-0.1, -0.05) is 11.6 Å². The fraction of sp³-hybridized carbons (Fsp3) is 0.636. The SMILES string of the molecule is CC(C)OCCCCNc1cnnc(Cl)c1. The predicted molar refractivity (Wildman–Crippen MR) is 65.9 cm³/mol. The van der Waals surface area contributed by atoms with Gasteiger partial charge in [0.2, 0.25) is 0 Å². The van der Waals surface area contributed by atoms with Gasteiger partial charge >= 0.3 is 0 Å². The molecule has 1 N–H and O–H groups in total. The largest absolute Gasteiger partial charge is 0.384 e. The van der Waals surface area contributed by atoms with Crippen LogP contribution in [0.15, 0.2) is 12.3 Å². The minimum Gasteiger partial charge on any atom is -0.384 e. The summed E-state index contributed by atoms with van der Waals surface area (Å²) in [6, 6.07) is 1.76. The first-order valence-corrected chi connectivity index (χ1v) is 5.90. The van der Waals surface area contributed by atoms with Crippen LogP contribution in [0.1, 0.15) is 26.7 Å². The quantitative estimate of drug-likeness (QED) is 0.748. The van der Waals surface area contributed by atoms with Gasteiger partial charge in [0.05, 0.1) is 18.0 Å². The lowest BCUT2D eigenvalue weighted by atomic mass is 10.3. The number of rotatable bonds is 7. The number of hydrogen-bond donors (Lipinski definition) is 1. The van der Waals surface area contributed by atoms with Gasteiger partial charge in [0.15, 0.2) is 5.15 Å². The molecule has 1 rings (SSSR count). The summed E-state index contributed by atoms with van der Waals surface area (Å²) in [5.74, 6) is 0. The van der Waals surface area contributed by atoms with E-state index in [2.05, 4.69) is 15.5 Å². The van der Waals surface area contributed by atoms with Gasteiger partial charge in [-0.2, -0.15) is 5.10 Å². The Morgan fingerprint density at radius 1 is 1.44 bits per heavy atom. The van der Waals surface area contributed by atoms with Gasteiger partial charge in [0, 0.05) is 19.2 Å². The second kappa shape index (κ2) is 7.41. The van der Waals surface area contributed by atoms with Crippen molar-refractivity contribution in [2.75, 3.05) is 18.5 Å². The second-order valence-corrected chi connectivity index (χ2v) is 4.21. The molecule has 0 atom stereocenters. The zero-order chi connectivity index (χ0) is 11.8. The number of unbranched alkanes of at least 4 members (excludes halogenated alkanes) is 1. The number of nitrogens with zero attached hydrogens (tertiary/aromatic N) is 2. The molecule has 0 aromatic carbocycles. The molecule has 1 aromatic rings. The van der Waals surface area contributed by atoms with Crippen molar-refractivity contribution >= 4 is 17.3 Å². The first-order chi connectivity index (χ1) is 7.68. The van der Waals surface area contributed by atoms with E-state index in [0.717, 1.165) is 31.7 Å². The average molecular weight is 244 g/mol. The van der Waals surface area contributed by atoms with Gasteiger partial charge in [-0.3, -0.25) is 0 Å². The van der Waals surface area contributed by atoms with Crippen LogP contribution in [0.4, 0.5) is 5.69 Å². The van der Waals surface area contributed by atoms with Crippen molar-refractivity contribution < 1.29 is 4.74 Å². The van der Waals surface area contributed by atoms with Gasteiger partial charge in [-0.25, -0.2) is 0 Å². The lowest BCUT2D eigenvalue weighted by Crippen LogP contribution is -2.07.